The zero-order valence-corrected chi connectivity index (χ0v) is 14.1. The lowest BCUT2D eigenvalue weighted by atomic mass is 9.90. The van der Waals surface area contributed by atoms with Crippen LogP contribution in [-0.4, -0.2) is 34.7 Å². The first kappa shape index (κ1) is 16.7. The van der Waals surface area contributed by atoms with E-state index in [0.717, 1.165) is 5.69 Å². The maximum atomic E-state index is 12.6. The van der Waals surface area contributed by atoms with E-state index < -0.39 is 4.92 Å². The van der Waals surface area contributed by atoms with E-state index >= 15 is 0 Å². The summed E-state index contributed by atoms with van der Waals surface area (Å²) in [5, 5.41) is 15.5. The number of hydrogen-bond donors (Lipinski definition) is 0. The monoisotopic (exact) mass is 343 g/mol. The number of aryl methyl sites for hydroxylation is 1. The van der Waals surface area contributed by atoms with Crippen LogP contribution in [-0.2, 0) is 13.5 Å². The number of hydrogen-bond acceptors (Lipinski definition) is 6. The number of ether oxygens (including phenoxy) is 2. The number of methoxy groups -OCH3 is 2. The number of nitro groups is 1. The Bertz CT molecular complexity index is 898. The van der Waals surface area contributed by atoms with Gasteiger partial charge in [0, 0.05) is 18.3 Å². The van der Waals surface area contributed by atoms with Gasteiger partial charge in [-0.3, -0.25) is 19.6 Å². The lowest BCUT2D eigenvalue weighted by molar-refractivity contribution is -0.385. The molecule has 1 aliphatic carbocycles. The summed E-state index contributed by atoms with van der Waals surface area (Å²) in [6.07, 6.45) is 4.24. The molecule has 0 saturated heterocycles. The number of allylic oxidation sites excluding steroid dienone is 1. The van der Waals surface area contributed by atoms with E-state index in [-0.39, 0.29) is 17.2 Å². The van der Waals surface area contributed by atoms with Crippen molar-refractivity contribution in [1.82, 2.24) is 9.78 Å². The summed E-state index contributed by atoms with van der Waals surface area (Å²) in [7, 11) is 4.66. The lowest BCUT2D eigenvalue weighted by Gasteiger charge is -2.15. The van der Waals surface area contributed by atoms with Crippen LogP contribution in [0.1, 0.15) is 28.0 Å². The van der Waals surface area contributed by atoms with E-state index in [1.165, 1.54) is 32.5 Å². The molecule has 2 aromatic rings. The Balaban J connectivity index is 2.09. The molecule has 0 unspecified atom stereocenters. The number of nitro benzene ring substituents is 1. The number of fused-ring (bicyclic) bond motifs is 1. The molecule has 0 N–H and O–H groups in total. The number of carbonyl (C=O) groups excluding carboxylic acids is 1. The number of Topliss-reactive ketones (excluding diaryl/α,β-unsaturated/α-hetero) is 1. The smallest absolute Gasteiger partial charge is 0.280 e. The van der Waals surface area contributed by atoms with Crippen LogP contribution in [0.25, 0.3) is 6.08 Å². The van der Waals surface area contributed by atoms with Gasteiger partial charge in [0.25, 0.3) is 5.69 Å². The Morgan fingerprint density at radius 3 is 2.56 bits per heavy atom. The van der Waals surface area contributed by atoms with E-state index in [9.17, 15) is 14.9 Å². The molecular formula is C17H17N3O5. The molecular weight excluding hydrogens is 326 g/mol. The number of carbonyl (C=O) groups is 1. The number of nitrogens with zero attached hydrogens (tertiary/aromatic N) is 3. The first-order valence-corrected chi connectivity index (χ1v) is 7.62. The van der Waals surface area contributed by atoms with Crippen molar-refractivity contribution in [2.75, 3.05) is 14.2 Å². The highest BCUT2D eigenvalue weighted by Gasteiger charge is 2.26. The Kier molecular flexibility index (Phi) is 4.26. The number of aromatic nitrogens is 2. The molecule has 0 radical (unpaired) electrons. The highest BCUT2D eigenvalue weighted by Crippen LogP contribution is 2.36. The summed E-state index contributed by atoms with van der Waals surface area (Å²) in [6, 6.07) is 2.81. The zero-order chi connectivity index (χ0) is 18.1. The van der Waals surface area contributed by atoms with Gasteiger partial charge >= 0.3 is 0 Å². The second-order valence-electron chi connectivity index (χ2n) is 5.65. The zero-order valence-electron chi connectivity index (χ0n) is 14.1. The van der Waals surface area contributed by atoms with Crippen molar-refractivity contribution in [3.63, 3.8) is 0 Å². The van der Waals surface area contributed by atoms with Gasteiger partial charge in [-0.2, -0.15) is 5.10 Å². The van der Waals surface area contributed by atoms with Gasteiger partial charge < -0.3 is 9.47 Å². The Labute approximate surface area is 143 Å². The van der Waals surface area contributed by atoms with Crippen molar-refractivity contribution in [1.29, 1.82) is 0 Å². The van der Waals surface area contributed by atoms with E-state index in [1.54, 1.807) is 17.8 Å². The molecule has 0 fully saturated rings. The molecule has 0 spiro atoms. The molecule has 8 heteroatoms. The molecule has 1 heterocycles. The second-order valence-corrected chi connectivity index (χ2v) is 5.65. The summed E-state index contributed by atoms with van der Waals surface area (Å²) in [6.45, 7) is 0. The largest absolute Gasteiger partial charge is 0.493 e. The second kappa shape index (κ2) is 6.39. The Morgan fingerprint density at radius 2 is 1.92 bits per heavy atom. The minimum atomic E-state index is -0.503. The van der Waals surface area contributed by atoms with Crippen molar-refractivity contribution in [3.05, 3.63) is 50.8 Å². The van der Waals surface area contributed by atoms with Crippen LogP contribution in [0.2, 0.25) is 0 Å². The molecule has 130 valence electrons. The fraction of sp³-hybridized carbons (Fsp3) is 0.294. The van der Waals surface area contributed by atoms with Gasteiger partial charge in [0.15, 0.2) is 17.3 Å². The van der Waals surface area contributed by atoms with Crippen LogP contribution in [0.4, 0.5) is 5.69 Å². The summed E-state index contributed by atoms with van der Waals surface area (Å²) >= 11 is 0. The molecule has 0 aliphatic heterocycles. The van der Waals surface area contributed by atoms with Gasteiger partial charge in [0.2, 0.25) is 0 Å². The minimum Gasteiger partial charge on any atom is -0.493 e. The lowest BCUT2D eigenvalue weighted by Crippen LogP contribution is -2.15. The van der Waals surface area contributed by atoms with Crippen LogP contribution < -0.4 is 9.47 Å². The first-order chi connectivity index (χ1) is 12.0. The molecule has 0 bridgehead atoms. The molecule has 0 atom stereocenters. The van der Waals surface area contributed by atoms with E-state index in [4.69, 9.17) is 9.47 Å². The third-order valence-corrected chi connectivity index (χ3v) is 4.29. The highest BCUT2D eigenvalue weighted by atomic mass is 16.6. The fourth-order valence-corrected chi connectivity index (χ4v) is 2.97. The van der Waals surface area contributed by atoms with Gasteiger partial charge in [-0.25, -0.2) is 0 Å². The van der Waals surface area contributed by atoms with Crippen LogP contribution in [0.3, 0.4) is 0 Å². The summed E-state index contributed by atoms with van der Waals surface area (Å²) in [4.78, 5) is 23.5. The maximum absolute atomic E-state index is 12.6. The van der Waals surface area contributed by atoms with Crippen molar-refractivity contribution in [2.24, 2.45) is 7.05 Å². The summed E-state index contributed by atoms with van der Waals surface area (Å²) < 4.78 is 12.0. The van der Waals surface area contributed by atoms with Gasteiger partial charge in [-0.1, -0.05) is 0 Å². The quantitative estimate of drug-likeness (QED) is 0.481. The predicted octanol–water partition coefficient (Wildman–Crippen LogP) is 2.56. The van der Waals surface area contributed by atoms with E-state index in [0.29, 0.717) is 35.3 Å². The SMILES string of the molecule is COc1cc(/C=C2/CCc3c(cnn3C)C2=O)c([N+](=O)[O-])cc1OC. The molecule has 0 amide bonds. The highest BCUT2D eigenvalue weighted by molar-refractivity contribution is 6.13. The molecule has 1 aromatic heterocycles. The minimum absolute atomic E-state index is 0.144. The number of ketones is 1. The molecule has 1 aromatic carbocycles. The fourth-order valence-electron chi connectivity index (χ4n) is 2.97. The van der Waals surface area contributed by atoms with Crippen LogP contribution in [0.15, 0.2) is 23.9 Å². The predicted molar refractivity (Wildman–Crippen MR) is 90.0 cm³/mol. The van der Waals surface area contributed by atoms with Crippen molar-refractivity contribution in [2.45, 2.75) is 12.8 Å². The van der Waals surface area contributed by atoms with Crippen molar-refractivity contribution in [3.8, 4) is 11.5 Å². The molecule has 0 saturated carbocycles. The number of rotatable bonds is 4. The Hall–Kier alpha value is -3.16. The van der Waals surface area contributed by atoms with Crippen LogP contribution in [0.5, 0.6) is 11.5 Å². The van der Waals surface area contributed by atoms with E-state index in [2.05, 4.69) is 5.10 Å². The first-order valence-electron chi connectivity index (χ1n) is 7.62. The van der Waals surface area contributed by atoms with Crippen LogP contribution >= 0.6 is 0 Å². The van der Waals surface area contributed by atoms with Gasteiger partial charge in [-0.15, -0.1) is 0 Å². The maximum Gasteiger partial charge on any atom is 0.280 e. The number of benzene rings is 1. The molecule has 8 nitrogen and oxygen atoms in total. The third-order valence-electron chi connectivity index (χ3n) is 4.29. The van der Waals surface area contributed by atoms with E-state index in [1.807, 2.05) is 0 Å². The Morgan fingerprint density at radius 1 is 1.24 bits per heavy atom. The van der Waals surface area contributed by atoms with Crippen molar-refractivity contribution >= 4 is 17.5 Å². The normalized spacial score (nSPS) is 15.2. The summed E-state index contributed by atoms with van der Waals surface area (Å²) in [5.41, 5.74) is 2.09. The average Bonchev–Trinajstić information content (AvgIpc) is 2.98. The standard InChI is InChI=1S/C17H17N3O5/c1-19-13-5-4-10(17(21)12(13)9-18-19)6-11-7-15(24-2)16(25-3)8-14(11)20(22)23/h6-9H,4-5H2,1-3H3/b10-6-. The van der Waals surface area contributed by atoms with Gasteiger partial charge in [0.05, 0.1) is 42.5 Å². The molecule has 1 aliphatic rings. The average molecular weight is 343 g/mol. The van der Waals surface area contributed by atoms with Crippen molar-refractivity contribution < 1.29 is 19.2 Å². The third kappa shape index (κ3) is 2.86. The van der Waals surface area contributed by atoms with Gasteiger partial charge in [0.1, 0.15) is 0 Å². The van der Waals surface area contributed by atoms with Gasteiger partial charge in [-0.05, 0) is 25.0 Å². The summed E-state index contributed by atoms with van der Waals surface area (Å²) in [5.74, 6) is 0.476. The molecule has 3 rings (SSSR count). The topological polar surface area (TPSA) is 96.5 Å². The molecule has 25 heavy (non-hydrogen) atoms. The van der Waals surface area contributed by atoms with Crippen LogP contribution in [0, 0.1) is 10.1 Å².